The predicted molar refractivity (Wildman–Crippen MR) is 93.5 cm³/mol. The van der Waals surface area contributed by atoms with Crippen molar-refractivity contribution in [1.82, 2.24) is 0 Å². The molecule has 0 bridgehead atoms. The minimum Gasteiger partial charge on any atom is -0.498 e. The van der Waals surface area contributed by atoms with Crippen LogP contribution >= 0.6 is 0 Å². The Kier molecular flexibility index (Phi) is 4.94. The fraction of sp³-hybridized carbons (Fsp3) is 0.278. The maximum absolute atomic E-state index is 13.9. The Hall–Kier alpha value is -2.87. The van der Waals surface area contributed by atoms with Gasteiger partial charge >= 0.3 is 0 Å². The molecule has 3 rings (SSSR count). The van der Waals surface area contributed by atoms with Gasteiger partial charge < -0.3 is 14.4 Å². The summed E-state index contributed by atoms with van der Waals surface area (Å²) in [5.41, 5.74) is 0.481. The monoisotopic (exact) mass is 361 g/mol. The summed E-state index contributed by atoms with van der Waals surface area (Å²) in [6.07, 6.45) is 2.69. The van der Waals surface area contributed by atoms with Crippen LogP contribution in [0.2, 0.25) is 0 Å². The van der Waals surface area contributed by atoms with E-state index >= 15 is 0 Å². The van der Waals surface area contributed by atoms with Crippen molar-refractivity contribution in [2.45, 2.75) is 6.10 Å². The number of hydrogen-bond acceptors (Lipinski definition) is 5. The summed E-state index contributed by atoms with van der Waals surface area (Å²) in [6, 6.07) is 3.61. The van der Waals surface area contributed by atoms with Crippen molar-refractivity contribution in [2.24, 2.45) is 9.98 Å². The number of para-hydroxylation sites is 1. The summed E-state index contributed by atoms with van der Waals surface area (Å²) < 4.78 is 38.3. The summed E-state index contributed by atoms with van der Waals surface area (Å²) in [5, 5.41) is 0. The van der Waals surface area contributed by atoms with Gasteiger partial charge in [-0.05, 0) is 18.2 Å². The minimum absolute atomic E-state index is 0.0375. The zero-order valence-corrected chi connectivity index (χ0v) is 14.5. The molecule has 1 aliphatic carbocycles. The molecule has 6 nitrogen and oxygen atoms in total. The number of carbonyl (C=O) groups is 1. The number of benzene rings is 1. The molecule has 1 aromatic rings. The van der Waals surface area contributed by atoms with E-state index in [0.717, 1.165) is 12.1 Å². The third-order valence-corrected chi connectivity index (χ3v) is 4.05. The molecule has 1 aromatic carbocycles. The average Bonchev–Trinajstić information content (AvgIpc) is 2.60. The first kappa shape index (κ1) is 17.9. The van der Waals surface area contributed by atoms with E-state index < -0.39 is 23.6 Å². The van der Waals surface area contributed by atoms with Crippen LogP contribution in [0.4, 0.5) is 14.5 Å². The van der Waals surface area contributed by atoms with Crippen LogP contribution in [0.15, 0.2) is 51.7 Å². The topological polar surface area (TPSA) is 63.5 Å². The van der Waals surface area contributed by atoms with Crippen LogP contribution in [0.1, 0.15) is 0 Å². The van der Waals surface area contributed by atoms with Gasteiger partial charge in [0.15, 0.2) is 5.84 Å². The van der Waals surface area contributed by atoms with Gasteiger partial charge in [-0.25, -0.2) is 13.8 Å². The number of likely N-dealkylation sites (N-methyl/N-ethyl adjacent to an activating group) is 1. The van der Waals surface area contributed by atoms with Crippen molar-refractivity contribution >= 4 is 23.1 Å². The van der Waals surface area contributed by atoms with Crippen molar-refractivity contribution < 1.29 is 23.0 Å². The smallest absolute Gasteiger partial charge is 0.280 e. The van der Waals surface area contributed by atoms with Gasteiger partial charge in [0.05, 0.1) is 24.9 Å². The third-order valence-electron chi connectivity index (χ3n) is 4.05. The second kappa shape index (κ2) is 7.17. The number of nitrogens with zero attached hydrogens (tertiary/aromatic N) is 3. The lowest BCUT2D eigenvalue weighted by molar-refractivity contribution is -0.114. The zero-order valence-electron chi connectivity index (χ0n) is 14.5. The van der Waals surface area contributed by atoms with Gasteiger partial charge in [-0.15, -0.1) is 0 Å². The Morgan fingerprint density at radius 1 is 1.19 bits per heavy atom. The fourth-order valence-electron chi connectivity index (χ4n) is 2.80. The molecule has 1 atom stereocenters. The normalized spacial score (nSPS) is 19.1. The summed E-state index contributed by atoms with van der Waals surface area (Å²) >= 11 is 0. The van der Waals surface area contributed by atoms with Crippen LogP contribution in [0.3, 0.4) is 0 Å². The highest BCUT2D eigenvalue weighted by molar-refractivity contribution is 6.33. The lowest BCUT2D eigenvalue weighted by atomic mass is 9.98. The Morgan fingerprint density at radius 2 is 1.88 bits per heavy atom. The number of allylic oxidation sites excluding steroid dienone is 1. The first-order valence-electron chi connectivity index (χ1n) is 7.81. The van der Waals surface area contributed by atoms with E-state index in [-0.39, 0.29) is 18.1 Å². The van der Waals surface area contributed by atoms with Crippen molar-refractivity contribution in [3.05, 3.63) is 53.3 Å². The molecular weight excluding hydrogens is 344 g/mol. The first-order valence-corrected chi connectivity index (χ1v) is 7.81. The van der Waals surface area contributed by atoms with Crippen molar-refractivity contribution in [1.29, 1.82) is 0 Å². The van der Waals surface area contributed by atoms with E-state index in [9.17, 15) is 13.6 Å². The molecule has 0 aromatic heterocycles. The summed E-state index contributed by atoms with van der Waals surface area (Å²) in [7, 11) is 4.49. The number of ether oxygens (including phenoxy) is 2. The van der Waals surface area contributed by atoms with Crippen molar-refractivity contribution in [3.63, 3.8) is 0 Å². The molecule has 2 aliphatic rings. The zero-order chi connectivity index (χ0) is 18.8. The maximum Gasteiger partial charge on any atom is 0.280 e. The number of anilines is 1. The van der Waals surface area contributed by atoms with Crippen molar-refractivity contribution in [2.75, 3.05) is 32.7 Å². The predicted octanol–water partition coefficient (Wildman–Crippen LogP) is 2.27. The standard InChI is InChI=1S/C18H17F2N3O3/c1-23(17-11(19)5-4-6-12(17)20)9-16-21-13-8-15(26-3)14(25-2)7-10(13)18(24)22-16/h4-8,14H,9H2,1-3H3. The SMILES string of the molecule is COC1=CC2=NC(CN(C)c3c(F)cccc3F)=NC(=O)C2=CC1OC. The Bertz CT molecular complexity index is 854. The summed E-state index contributed by atoms with van der Waals surface area (Å²) in [4.78, 5) is 21.9. The number of halogens is 2. The number of rotatable bonds is 5. The first-order chi connectivity index (χ1) is 12.4. The molecule has 0 radical (unpaired) electrons. The number of fused-ring (bicyclic) bond motifs is 1. The number of methoxy groups -OCH3 is 2. The van der Waals surface area contributed by atoms with Crippen LogP contribution in [0, 0.1) is 11.6 Å². The van der Waals surface area contributed by atoms with Gasteiger partial charge in [0.25, 0.3) is 5.91 Å². The molecule has 0 saturated carbocycles. The van der Waals surface area contributed by atoms with Crippen LogP contribution in [-0.4, -0.2) is 51.4 Å². The molecular formula is C18H17F2N3O3. The molecule has 26 heavy (non-hydrogen) atoms. The van der Waals surface area contributed by atoms with Gasteiger partial charge in [0, 0.05) is 20.2 Å². The molecule has 0 fully saturated rings. The molecule has 136 valence electrons. The third kappa shape index (κ3) is 3.28. The molecule has 0 saturated heterocycles. The van der Waals surface area contributed by atoms with Gasteiger partial charge in [0.1, 0.15) is 29.2 Å². The van der Waals surface area contributed by atoms with E-state index in [0.29, 0.717) is 17.0 Å². The summed E-state index contributed by atoms with van der Waals surface area (Å²) in [5.74, 6) is -1.25. The molecule has 1 unspecified atom stereocenters. The van der Waals surface area contributed by atoms with Gasteiger partial charge in [-0.1, -0.05) is 6.07 Å². The maximum atomic E-state index is 13.9. The molecule has 0 spiro atoms. The van der Waals surface area contributed by atoms with E-state index in [1.54, 1.807) is 12.2 Å². The van der Waals surface area contributed by atoms with E-state index in [2.05, 4.69) is 9.98 Å². The van der Waals surface area contributed by atoms with Crippen LogP contribution in [0.25, 0.3) is 0 Å². The largest absolute Gasteiger partial charge is 0.498 e. The highest BCUT2D eigenvalue weighted by atomic mass is 19.1. The van der Waals surface area contributed by atoms with E-state index in [1.165, 1.54) is 32.2 Å². The Labute approximate surface area is 149 Å². The van der Waals surface area contributed by atoms with E-state index in [4.69, 9.17) is 9.47 Å². The van der Waals surface area contributed by atoms with Gasteiger partial charge in [-0.2, -0.15) is 4.99 Å². The lowest BCUT2D eigenvalue weighted by Crippen LogP contribution is -2.32. The quantitative estimate of drug-likeness (QED) is 0.807. The van der Waals surface area contributed by atoms with Gasteiger partial charge in [0.2, 0.25) is 0 Å². The second-order valence-electron chi connectivity index (χ2n) is 5.74. The molecule has 0 N–H and O–H groups in total. The number of amidine groups is 1. The minimum atomic E-state index is -0.703. The molecule has 1 aliphatic heterocycles. The lowest BCUT2D eigenvalue weighted by Gasteiger charge is -2.24. The number of carbonyl (C=O) groups excluding carboxylic acids is 1. The highest BCUT2D eigenvalue weighted by Crippen LogP contribution is 2.25. The van der Waals surface area contributed by atoms with Crippen LogP contribution < -0.4 is 4.90 Å². The second-order valence-corrected chi connectivity index (χ2v) is 5.74. The summed E-state index contributed by atoms with van der Waals surface area (Å²) in [6.45, 7) is -0.0375. The average molecular weight is 361 g/mol. The number of hydrogen-bond donors (Lipinski definition) is 0. The molecule has 8 heteroatoms. The van der Waals surface area contributed by atoms with Crippen LogP contribution in [0.5, 0.6) is 0 Å². The number of amides is 1. The van der Waals surface area contributed by atoms with Crippen LogP contribution in [-0.2, 0) is 14.3 Å². The van der Waals surface area contributed by atoms with Gasteiger partial charge in [-0.3, -0.25) is 4.79 Å². The Morgan fingerprint density at radius 3 is 2.50 bits per heavy atom. The number of aliphatic imine (C=N–C) groups is 2. The molecule has 1 amide bonds. The fourth-order valence-corrected chi connectivity index (χ4v) is 2.80. The Balaban J connectivity index is 1.88. The van der Waals surface area contributed by atoms with E-state index in [1.807, 2.05) is 0 Å². The molecule has 1 heterocycles. The van der Waals surface area contributed by atoms with Crippen molar-refractivity contribution in [3.8, 4) is 0 Å². The highest BCUT2D eigenvalue weighted by Gasteiger charge is 2.29.